The Morgan fingerprint density at radius 2 is 1.21 bits per heavy atom. The predicted octanol–water partition coefficient (Wildman–Crippen LogP) is 11.6. The van der Waals surface area contributed by atoms with Crippen molar-refractivity contribution in [2.45, 2.75) is 39.5 Å². The minimum atomic E-state index is 0.389. The Labute approximate surface area is 249 Å². The van der Waals surface area contributed by atoms with E-state index in [-0.39, 0.29) is 0 Å². The molecule has 42 heavy (non-hydrogen) atoms. The Bertz CT molecular complexity index is 2290. The average Bonchev–Trinajstić information content (AvgIpc) is 3.55. The molecule has 0 radical (unpaired) electrons. The minimum Gasteiger partial charge on any atom is -0.292 e. The molecule has 0 bridgehead atoms. The van der Waals surface area contributed by atoms with Gasteiger partial charge in [0.2, 0.25) is 0 Å². The highest BCUT2D eigenvalue weighted by molar-refractivity contribution is 7.25. The molecule has 6 aromatic carbocycles. The molecule has 0 aliphatic rings. The number of thiophene rings is 1. The molecule has 0 atom stereocenters. The van der Waals surface area contributed by atoms with Gasteiger partial charge in [-0.15, -0.1) is 11.3 Å². The molecule has 0 spiro atoms. The quantitative estimate of drug-likeness (QED) is 0.196. The third-order valence-corrected chi connectivity index (χ3v) is 9.81. The number of hydrogen-bond donors (Lipinski definition) is 0. The number of nitrogens with zero attached hydrogens (tertiary/aromatic N) is 2. The largest absolute Gasteiger partial charge is 0.292 e. The molecule has 2 nitrogen and oxygen atoms in total. The molecule has 2 heterocycles. The zero-order valence-electron chi connectivity index (χ0n) is 24.3. The molecule has 3 heteroatoms. The molecule has 0 fully saturated rings. The maximum absolute atomic E-state index is 5.28. The fraction of sp³-hybridized carbons (Fsp3) is 0.154. The highest BCUT2D eigenvalue weighted by Gasteiger charge is 2.22. The van der Waals surface area contributed by atoms with Gasteiger partial charge < -0.3 is 0 Å². The second-order valence-electron chi connectivity index (χ2n) is 12.1. The SMILES string of the molecule is CC(C)c1cccc(C(C)C)c1-n1c(-c2ccc3sc4cc5cc6ccccc6cc5cc4c3c2)nc2ccccc21. The van der Waals surface area contributed by atoms with Gasteiger partial charge in [0.1, 0.15) is 5.82 Å². The maximum atomic E-state index is 5.28. The van der Waals surface area contributed by atoms with E-state index in [0.29, 0.717) is 11.8 Å². The summed E-state index contributed by atoms with van der Waals surface area (Å²) in [5, 5.41) is 7.75. The molecule has 0 saturated carbocycles. The predicted molar refractivity (Wildman–Crippen MR) is 183 cm³/mol. The van der Waals surface area contributed by atoms with Crippen molar-refractivity contribution in [1.29, 1.82) is 0 Å². The third-order valence-electron chi connectivity index (χ3n) is 8.68. The summed E-state index contributed by atoms with van der Waals surface area (Å²) in [5.74, 6) is 1.78. The first-order chi connectivity index (χ1) is 20.5. The average molecular weight is 561 g/mol. The molecule has 0 N–H and O–H groups in total. The lowest BCUT2D eigenvalue weighted by atomic mass is 9.92. The third kappa shape index (κ3) is 3.88. The van der Waals surface area contributed by atoms with Gasteiger partial charge in [-0.1, -0.05) is 82.3 Å². The van der Waals surface area contributed by atoms with Crippen LogP contribution in [0, 0.1) is 0 Å². The smallest absolute Gasteiger partial charge is 0.145 e. The van der Waals surface area contributed by atoms with Gasteiger partial charge in [-0.25, -0.2) is 4.98 Å². The molecule has 8 rings (SSSR count). The lowest BCUT2D eigenvalue weighted by Crippen LogP contribution is -2.08. The number of benzene rings is 6. The Kier molecular flexibility index (Phi) is 5.74. The molecular weight excluding hydrogens is 529 g/mol. The zero-order chi connectivity index (χ0) is 28.5. The van der Waals surface area contributed by atoms with Gasteiger partial charge in [0.15, 0.2) is 0 Å². The molecule has 0 aliphatic carbocycles. The van der Waals surface area contributed by atoms with Crippen molar-refractivity contribution in [3.05, 3.63) is 120 Å². The Morgan fingerprint density at radius 1 is 0.571 bits per heavy atom. The summed E-state index contributed by atoms with van der Waals surface area (Å²) in [6.07, 6.45) is 0. The van der Waals surface area contributed by atoms with Crippen molar-refractivity contribution < 1.29 is 0 Å². The summed E-state index contributed by atoms with van der Waals surface area (Å²) in [4.78, 5) is 5.28. The summed E-state index contributed by atoms with van der Waals surface area (Å²) >= 11 is 1.88. The van der Waals surface area contributed by atoms with E-state index in [0.717, 1.165) is 22.4 Å². The number of imidazole rings is 1. The first kappa shape index (κ1) is 25.3. The summed E-state index contributed by atoms with van der Waals surface area (Å²) in [6, 6.07) is 40.3. The van der Waals surface area contributed by atoms with Crippen LogP contribution in [0.1, 0.15) is 50.7 Å². The van der Waals surface area contributed by atoms with Crippen LogP contribution in [0.25, 0.3) is 69.8 Å². The number of aromatic nitrogens is 2. The second kappa shape index (κ2) is 9.54. The number of rotatable bonds is 4. The van der Waals surface area contributed by atoms with Crippen LogP contribution < -0.4 is 0 Å². The molecular formula is C39H32N2S. The van der Waals surface area contributed by atoms with Gasteiger partial charge in [-0.3, -0.25) is 4.57 Å². The van der Waals surface area contributed by atoms with Crippen molar-refractivity contribution in [2.75, 3.05) is 0 Å². The van der Waals surface area contributed by atoms with E-state index in [1.807, 2.05) is 11.3 Å². The highest BCUT2D eigenvalue weighted by atomic mass is 32.1. The summed E-state index contributed by atoms with van der Waals surface area (Å²) in [7, 11) is 0. The molecule has 0 saturated heterocycles. The van der Waals surface area contributed by atoms with E-state index in [1.54, 1.807) is 0 Å². The van der Waals surface area contributed by atoms with E-state index >= 15 is 0 Å². The minimum absolute atomic E-state index is 0.389. The lowest BCUT2D eigenvalue weighted by Gasteiger charge is -2.22. The van der Waals surface area contributed by atoms with Crippen molar-refractivity contribution in [3.8, 4) is 17.1 Å². The van der Waals surface area contributed by atoms with Crippen LogP contribution in [0.5, 0.6) is 0 Å². The standard InChI is InChI=1S/C39H32N2S/c1-23(2)30-12-9-13-31(24(3)4)38(30)41-35-15-8-7-14-34(35)40-39(41)27-16-17-36-32(20-27)33-21-28-18-25-10-5-6-11-26(25)19-29(28)22-37(33)42-36/h5-24H,1-4H3. The van der Waals surface area contributed by atoms with Crippen molar-refractivity contribution >= 4 is 64.1 Å². The molecule has 2 aromatic heterocycles. The lowest BCUT2D eigenvalue weighted by molar-refractivity contribution is 0.811. The fourth-order valence-electron chi connectivity index (χ4n) is 6.57. The number of fused-ring (bicyclic) bond motifs is 6. The van der Waals surface area contributed by atoms with Crippen molar-refractivity contribution in [2.24, 2.45) is 0 Å². The van der Waals surface area contributed by atoms with E-state index in [4.69, 9.17) is 4.98 Å². The van der Waals surface area contributed by atoms with Gasteiger partial charge in [-0.05, 0) is 99.1 Å². The molecule has 0 amide bonds. The molecule has 0 aliphatic heterocycles. The summed E-state index contributed by atoms with van der Waals surface area (Å²) < 4.78 is 5.06. The van der Waals surface area contributed by atoms with E-state index in [2.05, 4.69) is 141 Å². The van der Waals surface area contributed by atoms with Crippen LogP contribution in [0.3, 0.4) is 0 Å². The first-order valence-electron chi connectivity index (χ1n) is 14.9. The van der Waals surface area contributed by atoms with E-state index in [1.165, 1.54) is 58.5 Å². The highest BCUT2D eigenvalue weighted by Crippen LogP contribution is 2.41. The topological polar surface area (TPSA) is 17.8 Å². The van der Waals surface area contributed by atoms with Crippen LogP contribution in [0.15, 0.2) is 109 Å². The fourth-order valence-corrected chi connectivity index (χ4v) is 7.69. The second-order valence-corrected chi connectivity index (χ2v) is 13.1. The normalized spacial score (nSPS) is 12.2. The van der Waals surface area contributed by atoms with Gasteiger partial charge in [-0.2, -0.15) is 0 Å². The number of para-hydroxylation sites is 3. The number of hydrogen-bond acceptors (Lipinski definition) is 2. The molecule has 204 valence electrons. The van der Waals surface area contributed by atoms with Crippen molar-refractivity contribution in [3.63, 3.8) is 0 Å². The van der Waals surface area contributed by atoms with Gasteiger partial charge in [0.25, 0.3) is 0 Å². The van der Waals surface area contributed by atoms with Crippen LogP contribution in [-0.4, -0.2) is 9.55 Å². The van der Waals surface area contributed by atoms with Gasteiger partial charge in [0, 0.05) is 25.7 Å². The Balaban J connectivity index is 1.41. The van der Waals surface area contributed by atoms with Crippen LogP contribution >= 0.6 is 11.3 Å². The van der Waals surface area contributed by atoms with Crippen LogP contribution in [-0.2, 0) is 0 Å². The van der Waals surface area contributed by atoms with E-state index in [9.17, 15) is 0 Å². The van der Waals surface area contributed by atoms with Crippen LogP contribution in [0.2, 0.25) is 0 Å². The Hall–Kier alpha value is -4.47. The first-order valence-corrected chi connectivity index (χ1v) is 15.7. The molecule has 8 aromatic rings. The van der Waals surface area contributed by atoms with E-state index < -0.39 is 0 Å². The molecule has 0 unspecified atom stereocenters. The van der Waals surface area contributed by atoms with Gasteiger partial charge in [0.05, 0.1) is 16.7 Å². The van der Waals surface area contributed by atoms with Crippen molar-refractivity contribution in [1.82, 2.24) is 9.55 Å². The Morgan fingerprint density at radius 3 is 1.93 bits per heavy atom. The van der Waals surface area contributed by atoms with Gasteiger partial charge >= 0.3 is 0 Å². The monoisotopic (exact) mass is 560 g/mol. The zero-order valence-corrected chi connectivity index (χ0v) is 25.2. The summed E-state index contributed by atoms with van der Waals surface area (Å²) in [6.45, 7) is 9.16. The maximum Gasteiger partial charge on any atom is 0.145 e. The summed E-state index contributed by atoms with van der Waals surface area (Å²) in [5.41, 5.74) is 7.30. The van der Waals surface area contributed by atoms with Crippen LogP contribution in [0.4, 0.5) is 0 Å².